The molecule has 0 spiro atoms. The van der Waals surface area contributed by atoms with Crippen molar-refractivity contribution < 1.29 is 22.4 Å². The number of halogens is 3. The molecule has 10 heteroatoms. The first-order valence-electron chi connectivity index (χ1n) is 8.29. The van der Waals surface area contributed by atoms with Gasteiger partial charge in [0.2, 0.25) is 11.6 Å². The standard InChI is InChI=1S/C16H19F3N4O2S/c1-10-2-3-12-13(21-10)22-15(25-12)23-7-4-11(5-8-23)14(24)20-6-9-26-16(17,18)19/h2-3,11H,4-9H2,1H3,(H,20,24). The molecule has 1 aliphatic heterocycles. The lowest BCUT2D eigenvalue weighted by Crippen LogP contribution is -2.41. The van der Waals surface area contributed by atoms with Crippen LogP contribution in [0.1, 0.15) is 18.5 Å². The lowest BCUT2D eigenvalue weighted by molar-refractivity contribution is -0.125. The highest BCUT2D eigenvalue weighted by atomic mass is 32.2. The first-order valence-corrected chi connectivity index (χ1v) is 9.28. The van der Waals surface area contributed by atoms with E-state index in [4.69, 9.17) is 4.42 Å². The van der Waals surface area contributed by atoms with E-state index in [-0.39, 0.29) is 35.9 Å². The topological polar surface area (TPSA) is 71.3 Å². The Morgan fingerprint density at radius 2 is 2.08 bits per heavy atom. The molecule has 1 aliphatic rings. The Morgan fingerprint density at radius 3 is 2.77 bits per heavy atom. The molecule has 0 atom stereocenters. The normalized spacial score (nSPS) is 16.2. The second-order valence-corrected chi connectivity index (χ2v) is 7.28. The van der Waals surface area contributed by atoms with Crippen molar-refractivity contribution in [3.63, 3.8) is 0 Å². The molecule has 0 radical (unpaired) electrons. The summed E-state index contributed by atoms with van der Waals surface area (Å²) in [5, 5.41) is 2.58. The Labute approximate surface area is 152 Å². The van der Waals surface area contributed by atoms with Crippen LogP contribution in [0.25, 0.3) is 11.2 Å². The molecule has 2 aromatic heterocycles. The molecule has 0 aromatic carbocycles. The van der Waals surface area contributed by atoms with Crippen LogP contribution in [0.4, 0.5) is 19.2 Å². The van der Waals surface area contributed by atoms with Gasteiger partial charge in [0.05, 0.1) is 0 Å². The van der Waals surface area contributed by atoms with E-state index in [1.54, 1.807) is 0 Å². The van der Waals surface area contributed by atoms with Gasteiger partial charge in [-0.15, -0.1) is 0 Å². The fraction of sp³-hybridized carbons (Fsp3) is 0.562. The molecular formula is C16H19F3N4O2S. The average Bonchev–Trinajstić information content (AvgIpc) is 3.01. The summed E-state index contributed by atoms with van der Waals surface area (Å²) in [6.07, 6.45) is 1.20. The van der Waals surface area contributed by atoms with Crippen LogP contribution in [0.15, 0.2) is 16.5 Å². The minimum absolute atomic E-state index is 0.0133. The largest absolute Gasteiger partial charge is 0.441 e. The van der Waals surface area contributed by atoms with Gasteiger partial charge >= 0.3 is 5.51 Å². The van der Waals surface area contributed by atoms with Crippen molar-refractivity contribution in [1.29, 1.82) is 0 Å². The van der Waals surface area contributed by atoms with Crippen LogP contribution in [0.2, 0.25) is 0 Å². The van der Waals surface area contributed by atoms with Gasteiger partial charge in [-0.2, -0.15) is 18.2 Å². The molecule has 6 nitrogen and oxygen atoms in total. The number of fused-ring (bicyclic) bond motifs is 1. The van der Waals surface area contributed by atoms with E-state index in [1.807, 2.05) is 24.0 Å². The van der Waals surface area contributed by atoms with Crippen LogP contribution in [0, 0.1) is 12.8 Å². The lowest BCUT2D eigenvalue weighted by atomic mass is 9.96. The minimum Gasteiger partial charge on any atom is -0.422 e. The third kappa shape index (κ3) is 4.80. The summed E-state index contributed by atoms with van der Waals surface area (Å²) < 4.78 is 41.9. The molecule has 2 aromatic rings. The van der Waals surface area contributed by atoms with E-state index < -0.39 is 5.51 Å². The Morgan fingerprint density at radius 1 is 1.35 bits per heavy atom. The molecule has 3 rings (SSSR count). The van der Waals surface area contributed by atoms with Gasteiger partial charge in [0.15, 0.2) is 5.58 Å². The SMILES string of the molecule is Cc1ccc2oc(N3CCC(C(=O)NCCSC(F)(F)F)CC3)nc2n1. The van der Waals surface area contributed by atoms with Crippen LogP contribution < -0.4 is 10.2 Å². The number of pyridine rings is 1. The number of thioether (sulfide) groups is 1. The number of carbonyl (C=O) groups is 1. The van der Waals surface area contributed by atoms with Crippen LogP contribution in [-0.2, 0) is 4.79 Å². The summed E-state index contributed by atoms with van der Waals surface area (Å²) in [5.41, 5.74) is -2.23. The fourth-order valence-corrected chi connectivity index (χ4v) is 3.29. The maximum absolute atomic E-state index is 12.1. The zero-order valence-electron chi connectivity index (χ0n) is 14.2. The number of amides is 1. The Hall–Kier alpha value is -1.97. The van der Waals surface area contributed by atoms with Crippen LogP contribution in [0.5, 0.6) is 0 Å². The van der Waals surface area contributed by atoms with Crippen LogP contribution >= 0.6 is 11.8 Å². The first kappa shape index (κ1) is 18.8. The zero-order valence-corrected chi connectivity index (χ0v) is 15.0. The third-order valence-corrected chi connectivity index (χ3v) is 4.92. The molecule has 1 saturated heterocycles. The van der Waals surface area contributed by atoms with Crippen LogP contribution in [-0.4, -0.2) is 46.8 Å². The quantitative estimate of drug-likeness (QED) is 0.794. The molecular weight excluding hydrogens is 369 g/mol. The van der Waals surface area contributed by atoms with E-state index in [2.05, 4.69) is 15.3 Å². The summed E-state index contributed by atoms with van der Waals surface area (Å²) in [6, 6.07) is 4.16. The first-order chi connectivity index (χ1) is 12.3. The van der Waals surface area contributed by atoms with Gasteiger partial charge in [-0.05, 0) is 43.7 Å². The second-order valence-electron chi connectivity index (χ2n) is 6.12. The number of hydrogen-bond acceptors (Lipinski definition) is 6. The number of oxazole rings is 1. The molecule has 0 saturated carbocycles. The van der Waals surface area contributed by atoms with Gasteiger partial charge in [-0.1, -0.05) is 0 Å². The maximum Gasteiger partial charge on any atom is 0.441 e. The van der Waals surface area contributed by atoms with Crippen molar-refractivity contribution in [2.24, 2.45) is 5.92 Å². The molecule has 26 heavy (non-hydrogen) atoms. The summed E-state index contributed by atoms with van der Waals surface area (Å²) in [6.45, 7) is 3.09. The number of nitrogens with one attached hydrogen (secondary N) is 1. The Bertz CT molecular complexity index is 772. The predicted molar refractivity (Wildman–Crippen MR) is 93.0 cm³/mol. The molecule has 3 heterocycles. The molecule has 1 fully saturated rings. The third-order valence-electron chi connectivity index (χ3n) is 4.18. The smallest absolute Gasteiger partial charge is 0.422 e. The van der Waals surface area contributed by atoms with Crippen molar-refractivity contribution in [2.75, 3.05) is 30.3 Å². The lowest BCUT2D eigenvalue weighted by Gasteiger charge is -2.30. The van der Waals surface area contributed by atoms with Gasteiger partial charge in [0.1, 0.15) is 0 Å². The summed E-state index contributed by atoms with van der Waals surface area (Å²) in [4.78, 5) is 22.7. The number of anilines is 1. The number of rotatable bonds is 5. The highest BCUT2D eigenvalue weighted by Crippen LogP contribution is 2.29. The van der Waals surface area contributed by atoms with Crippen molar-refractivity contribution in [3.05, 3.63) is 17.8 Å². The van der Waals surface area contributed by atoms with Crippen molar-refractivity contribution in [3.8, 4) is 0 Å². The van der Waals surface area contributed by atoms with Gasteiger partial charge in [-0.3, -0.25) is 4.79 Å². The van der Waals surface area contributed by atoms with Gasteiger partial charge in [0.25, 0.3) is 6.01 Å². The number of alkyl halides is 3. The van der Waals surface area contributed by atoms with E-state index in [0.29, 0.717) is 43.2 Å². The van der Waals surface area contributed by atoms with Gasteiger partial charge in [-0.25, -0.2) is 4.98 Å². The number of aryl methyl sites for hydroxylation is 1. The summed E-state index contributed by atoms with van der Waals surface area (Å²) >= 11 is -0.127. The molecule has 1 N–H and O–H groups in total. The number of carbonyl (C=O) groups excluding carboxylic acids is 1. The van der Waals surface area contributed by atoms with E-state index >= 15 is 0 Å². The zero-order chi connectivity index (χ0) is 18.7. The molecule has 142 valence electrons. The number of hydrogen-bond donors (Lipinski definition) is 1. The van der Waals surface area contributed by atoms with E-state index in [1.165, 1.54) is 0 Å². The summed E-state index contributed by atoms with van der Waals surface area (Å²) in [7, 11) is 0. The number of aromatic nitrogens is 2. The molecule has 0 bridgehead atoms. The fourth-order valence-electron chi connectivity index (χ4n) is 2.86. The van der Waals surface area contributed by atoms with E-state index in [0.717, 1.165) is 5.69 Å². The van der Waals surface area contributed by atoms with E-state index in [9.17, 15) is 18.0 Å². The molecule has 0 unspecified atom stereocenters. The Kier molecular flexibility index (Phi) is 5.59. The number of nitrogens with zero attached hydrogens (tertiary/aromatic N) is 3. The summed E-state index contributed by atoms with van der Waals surface area (Å²) in [5.74, 6) is -0.571. The molecule has 0 aliphatic carbocycles. The Balaban J connectivity index is 1.48. The second kappa shape index (κ2) is 7.73. The number of piperidine rings is 1. The van der Waals surface area contributed by atoms with Crippen molar-refractivity contribution in [2.45, 2.75) is 25.3 Å². The predicted octanol–water partition coefficient (Wildman–Crippen LogP) is 3.12. The van der Waals surface area contributed by atoms with Crippen molar-refractivity contribution >= 4 is 34.9 Å². The average molecular weight is 388 g/mol. The maximum atomic E-state index is 12.1. The van der Waals surface area contributed by atoms with Crippen LogP contribution in [0.3, 0.4) is 0 Å². The van der Waals surface area contributed by atoms with Gasteiger partial charge in [0, 0.05) is 37.0 Å². The highest BCUT2D eigenvalue weighted by Gasteiger charge is 2.29. The highest BCUT2D eigenvalue weighted by molar-refractivity contribution is 8.00. The van der Waals surface area contributed by atoms with Gasteiger partial charge < -0.3 is 14.6 Å². The minimum atomic E-state index is -4.26. The molecule has 1 amide bonds. The monoisotopic (exact) mass is 388 g/mol. The van der Waals surface area contributed by atoms with Crippen molar-refractivity contribution in [1.82, 2.24) is 15.3 Å².